The minimum absolute atomic E-state index is 0.0476. The molecule has 4 rings (SSSR count). The highest BCUT2D eigenvalue weighted by molar-refractivity contribution is 6.42. The van der Waals surface area contributed by atoms with Crippen molar-refractivity contribution >= 4 is 40.7 Å². The van der Waals surface area contributed by atoms with Crippen molar-refractivity contribution in [1.82, 2.24) is 9.80 Å². The summed E-state index contributed by atoms with van der Waals surface area (Å²) in [4.78, 5) is 31.8. The molecule has 10 heteroatoms. The third kappa shape index (κ3) is 7.99. The van der Waals surface area contributed by atoms with Gasteiger partial charge in [-0.25, -0.2) is 0 Å². The van der Waals surface area contributed by atoms with Crippen molar-refractivity contribution in [1.29, 1.82) is 0 Å². The molecule has 0 radical (unpaired) electrons. The van der Waals surface area contributed by atoms with Gasteiger partial charge in [0.1, 0.15) is 0 Å². The molecule has 0 aromatic heterocycles. The molecule has 1 aliphatic rings. The topological polar surface area (TPSA) is 88.3 Å². The van der Waals surface area contributed by atoms with E-state index >= 15 is 0 Å². The summed E-state index contributed by atoms with van der Waals surface area (Å²) in [6.07, 6.45) is 0. The highest BCUT2D eigenvalue weighted by Crippen LogP contribution is 2.30. The first-order chi connectivity index (χ1) is 19.8. The molecule has 218 valence electrons. The van der Waals surface area contributed by atoms with E-state index in [1.54, 1.807) is 36.3 Å². The molecule has 1 fully saturated rings. The first-order valence-corrected chi connectivity index (χ1v) is 14.3. The quantitative estimate of drug-likeness (QED) is 0.324. The summed E-state index contributed by atoms with van der Waals surface area (Å²) in [7, 11) is 3.47. The second-order valence-electron chi connectivity index (χ2n) is 9.98. The summed E-state index contributed by atoms with van der Waals surface area (Å²) in [6.45, 7) is 4.68. The lowest BCUT2D eigenvalue weighted by Crippen LogP contribution is -2.46. The van der Waals surface area contributed by atoms with Gasteiger partial charge in [0.05, 0.1) is 42.5 Å². The zero-order chi connectivity index (χ0) is 29.4. The molecule has 2 N–H and O–H groups in total. The van der Waals surface area contributed by atoms with E-state index in [0.29, 0.717) is 48.5 Å². The fourth-order valence-corrected chi connectivity index (χ4v) is 5.24. The molecule has 1 atom stereocenters. The van der Waals surface area contributed by atoms with Crippen LogP contribution in [0, 0.1) is 0 Å². The normalized spacial score (nSPS) is 14.4. The van der Waals surface area contributed by atoms with E-state index in [-0.39, 0.29) is 18.5 Å². The average Bonchev–Trinajstić information content (AvgIpc) is 2.99. The van der Waals surface area contributed by atoms with Gasteiger partial charge < -0.3 is 25.0 Å². The van der Waals surface area contributed by atoms with Crippen LogP contribution >= 0.6 is 23.2 Å². The number of nitrogens with zero attached hydrogens (tertiary/aromatic N) is 3. The SMILES string of the molecule is COCCN(CC(=O)N(C)C(CN1CCOCC1)c1ccc(-c2ccccc2C(N)=O)cc1)c1ccc(Cl)c(Cl)c1. The molecule has 8 nitrogen and oxygen atoms in total. The molecule has 0 aliphatic carbocycles. The molecule has 1 aliphatic heterocycles. The Balaban J connectivity index is 1.60. The Morgan fingerprint density at radius 3 is 2.39 bits per heavy atom. The first-order valence-electron chi connectivity index (χ1n) is 13.5. The number of carbonyl (C=O) groups is 2. The van der Waals surface area contributed by atoms with Gasteiger partial charge in [0.25, 0.3) is 0 Å². The maximum atomic E-state index is 13.8. The van der Waals surface area contributed by atoms with Crippen LogP contribution in [-0.2, 0) is 14.3 Å². The molecule has 0 spiro atoms. The Kier molecular flexibility index (Phi) is 11.0. The molecule has 3 aromatic rings. The second-order valence-corrected chi connectivity index (χ2v) is 10.8. The number of benzene rings is 3. The van der Waals surface area contributed by atoms with Crippen LogP contribution in [0.5, 0.6) is 0 Å². The molecule has 3 aromatic carbocycles. The fraction of sp³-hybridized carbons (Fsp3) is 0.355. The summed E-state index contributed by atoms with van der Waals surface area (Å²) < 4.78 is 10.9. The number of morpholine rings is 1. The third-order valence-corrected chi connectivity index (χ3v) is 8.09. The van der Waals surface area contributed by atoms with Gasteiger partial charge in [-0.1, -0.05) is 65.7 Å². The number of likely N-dealkylation sites (N-methyl/N-ethyl adjacent to an activating group) is 1. The van der Waals surface area contributed by atoms with Crippen molar-refractivity contribution in [2.45, 2.75) is 6.04 Å². The maximum Gasteiger partial charge on any atom is 0.249 e. The van der Waals surface area contributed by atoms with Crippen LogP contribution in [0.15, 0.2) is 66.7 Å². The van der Waals surface area contributed by atoms with E-state index in [2.05, 4.69) is 4.90 Å². The van der Waals surface area contributed by atoms with E-state index < -0.39 is 5.91 Å². The number of rotatable bonds is 12. The van der Waals surface area contributed by atoms with Crippen molar-refractivity contribution in [2.75, 3.05) is 71.6 Å². The predicted octanol–water partition coefficient (Wildman–Crippen LogP) is 4.74. The largest absolute Gasteiger partial charge is 0.383 e. The molecular weight excluding hydrogens is 563 g/mol. The number of nitrogens with two attached hydrogens (primary N) is 1. The molecule has 2 amide bonds. The van der Waals surface area contributed by atoms with E-state index in [1.165, 1.54) is 0 Å². The number of methoxy groups -OCH3 is 1. The molecule has 0 saturated carbocycles. The number of amides is 2. The number of halogens is 2. The lowest BCUT2D eigenvalue weighted by Gasteiger charge is -2.36. The molecule has 0 bridgehead atoms. The first kappa shape index (κ1) is 30.8. The number of ether oxygens (including phenoxy) is 2. The number of carbonyl (C=O) groups excluding carboxylic acids is 2. The van der Waals surface area contributed by atoms with Crippen molar-refractivity contribution in [3.05, 3.63) is 87.9 Å². The average molecular weight is 600 g/mol. The predicted molar refractivity (Wildman–Crippen MR) is 164 cm³/mol. The van der Waals surface area contributed by atoms with Gasteiger partial charge in [-0.15, -0.1) is 0 Å². The monoisotopic (exact) mass is 598 g/mol. The zero-order valence-corrected chi connectivity index (χ0v) is 24.9. The molecule has 41 heavy (non-hydrogen) atoms. The van der Waals surface area contributed by atoms with Crippen molar-refractivity contribution < 1.29 is 19.1 Å². The van der Waals surface area contributed by atoms with Crippen LogP contribution in [0.25, 0.3) is 11.1 Å². The number of primary amides is 1. The minimum Gasteiger partial charge on any atom is -0.383 e. The standard InChI is InChI=1S/C31H36Cl2N4O4/c1-35(30(38)21-37(15-16-40-2)24-11-12-27(32)28(33)19-24)29(20-36-13-17-41-18-14-36)23-9-7-22(8-10-23)25-5-3-4-6-26(25)31(34)39/h3-12,19,29H,13-18,20-21H2,1-2H3,(H2,34,39). The Labute approximate surface area is 251 Å². The Morgan fingerprint density at radius 1 is 1.02 bits per heavy atom. The van der Waals surface area contributed by atoms with E-state index in [9.17, 15) is 9.59 Å². The highest BCUT2D eigenvalue weighted by Gasteiger charge is 2.27. The number of hydrogen-bond donors (Lipinski definition) is 1. The summed E-state index contributed by atoms with van der Waals surface area (Å²) >= 11 is 12.4. The van der Waals surface area contributed by atoms with Crippen LogP contribution in [0.1, 0.15) is 22.0 Å². The van der Waals surface area contributed by atoms with Gasteiger partial charge in [-0.2, -0.15) is 0 Å². The Morgan fingerprint density at radius 2 is 1.73 bits per heavy atom. The van der Waals surface area contributed by atoms with Gasteiger partial charge in [0, 0.05) is 51.6 Å². The summed E-state index contributed by atoms with van der Waals surface area (Å²) in [5.74, 6) is -0.520. The van der Waals surface area contributed by atoms with Gasteiger partial charge in [0.2, 0.25) is 11.8 Å². The summed E-state index contributed by atoms with van der Waals surface area (Å²) in [5, 5.41) is 0.883. The third-order valence-electron chi connectivity index (χ3n) is 7.35. The minimum atomic E-state index is -0.472. The van der Waals surface area contributed by atoms with Gasteiger partial charge in [-0.3, -0.25) is 14.5 Å². The van der Waals surface area contributed by atoms with Crippen LogP contribution in [0.3, 0.4) is 0 Å². The van der Waals surface area contributed by atoms with Gasteiger partial charge in [0.15, 0.2) is 0 Å². The van der Waals surface area contributed by atoms with E-state index in [1.807, 2.05) is 54.4 Å². The van der Waals surface area contributed by atoms with E-state index in [4.69, 9.17) is 38.4 Å². The maximum absolute atomic E-state index is 13.8. The van der Waals surface area contributed by atoms with Gasteiger partial charge >= 0.3 is 0 Å². The van der Waals surface area contributed by atoms with Crippen LogP contribution in [0.2, 0.25) is 10.0 Å². The number of anilines is 1. The summed E-state index contributed by atoms with van der Waals surface area (Å²) in [6, 6.07) is 20.4. The lowest BCUT2D eigenvalue weighted by molar-refractivity contribution is -0.131. The van der Waals surface area contributed by atoms with Crippen molar-refractivity contribution in [3.63, 3.8) is 0 Å². The zero-order valence-electron chi connectivity index (χ0n) is 23.4. The molecular formula is C31H36Cl2N4O4. The van der Waals surface area contributed by atoms with Crippen molar-refractivity contribution in [2.24, 2.45) is 5.73 Å². The van der Waals surface area contributed by atoms with Crippen LogP contribution < -0.4 is 10.6 Å². The highest BCUT2D eigenvalue weighted by atomic mass is 35.5. The number of hydrogen-bond acceptors (Lipinski definition) is 6. The second kappa shape index (κ2) is 14.7. The Bertz CT molecular complexity index is 1330. The smallest absolute Gasteiger partial charge is 0.249 e. The molecule has 1 heterocycles. The van der Waals surface area contributed by atoms with Crippen LogP contribution in [-0.4, -0.2) is 88.3 Å². The molecule has 1 unspecified atom stereocenters. The fourth-order valence-electron chi connectivity index (χ4n) is 4.95. The van der Waals surface area contributed by atoms with Crippen molar-refractivity contribution in [3.8, 4) is 11.1 Å². The molecule has 1 saturated heterocycles. The van der Waals surface area contributed by atoms with E-state index in [0.717, 1.165) is 35.5 Å². The summed E-state index contributed by atoms with van der Waals surface area (Å²) in [5.41, 5.74) is 9.52. The van der Waals surface area contributed by atoms with Crippen LogP contribution in [0.4, 0.5) is 5.69 Å². The Hall–Kier alpha value is -3.14. The lowest BCUT2D eigenvalue weighted by atomic mass is 9.96. The van der Waals surface area contributed by atoms with Gasteiger partial charge in [-0.05, 0) is 41.0 Å².